The number of aryl methyl sites for hydroxylation is 1. The molecule has 182 valence electrons. The minimum atomic E-state index is -3.89. The quantitative estimate of drug-likeness (QED) is 0.509. The second kappa shape index (κ2) is 9.50. The molecule has 2 aliphatic heterocycles. The number of hydrogen-bond acceptors (Lipinski definition) is 6. The number of carbonyl (C=O) groups is 2. The fourth-order valence-electron chi connectivity index (χ4n) is 4.59. The summed E-state index contributed by atoms with van der Waals surface area (Å²) in [6.45, 7) is 5.75. The van der Waals surface area contributed by atoms with Gasteiger partial charge in [0.15, 0.2) is 0 Å². The van der Waals surface area contributed by atoms with Gasteiger partial charge in [-0.15, -0.1) is 0 Å². The normalized spacial score (nSPS) is 16.8. The average molecular weight is 494 g/mol. The van der Waals surface area contributed by atoms with Crippen molar-refractivity contribution < 1.29 is 22.7 Å². The molecular weight excluding hydrogens is 466 g/mol. The SMILES string of the molecule is Cc1ccc(CNS(=O)(=O)c2ccc3c4c(cccc24)C(=O)N(CCN2CCOCC2)C3=O)cc1. The number of hydrogen-bond donors (Lipinski definition) is 1. The van der Waals surface area contributed by atoms with E-state index in [9.17, 15) is 18.0 Å². The number of sulfonamides is 1. The highest BCUT2D eigenvalue weighted by Gasteiger charge is 2.34. The topological polar surface area (TPSA) is 96.0 Å². The van der Waals surface area contributed by atoms with Crippen molar-refractivity contribution >= 4 is 32.6 Å². The summed E-state index contributed by atoms with van der Waals surface area (Å²) in [6.07, 6.45) is 0. The van der Waals surface area contributed by atoms with Crippen LogP contribution in [0.5, 0.6) is 0 Å². The fraction of sp³-hybridized carbons (Fsp3) is 0.308. The number of nitrogens with zero attached hydrogens (tertiary/aromatic N) is 2. The van der Waals surface area contributed by atoms with E-state index >= 15 is 0 Å². The summed E-state index contributed by atoms with van der Waals surface area (Å²) in [6, 6.07) is 15.5. The van der Waals surface area contributed by atoms with Crippen LogP contribution in [-0.4, -0.2) is 69.4 Å². The maximum Gasteiger partial charge on any atom is 0.261 e. The van der Waals surface area contributed by atoms with Crippen LogP contribution in [0.1, 0.15) is 31.8 Å². The maximum atomic E-state index is 13.3. The molecule has 35 heavy (non-hydrogen) atoms. The van der Waals surface area contributed by atoms with Gasteiger partial charge in [-0.25, -0.2) is 13.1 Å². The molecule has 0 unspecified atom stereocenters. The van der Waals surface area contributed by atoms with Crippen molar-refractivity contribution in [2.24, 2.45) is 0 Å². The molecule has 2 amide bonds. The van der Waals surface area contributed by atoms with Gasteiger partial charge in [-0.2, -0.15) is 0 Å². The summed E-state index contributed by atoms with van der Waals surface area (Å²) in [5.74, 6) is -0.799. The van der Waals surface area contributed by atoms with Crippen molar-refractivity contribution in [1.29, 1.82) is 0 Å². The number of carbonyl (C=O) groups excluding carboxylic acids is 2. The molecule has 0 spiro atoms. The maximum absolute atomic E-state index is 13.3. The van der Waals surface area contributed by atoms with E-state index in [4.69, 9.17) is 4.74 Å². The average Bonchev–Trinajstić information content (AvgIpc) is 2.87. The van der Waals surface area contributed by atoms with Crippen molar-refractivity contribution in [2.75, 3.05) is 39.4 Å². The number of imide groups is 1. The summed E-state index contributed by atoms with van der Waals surface area (Å²) in [7, 11) is -3.89. The lowest BCUT2D eigenvalue weighted by molar-refractivity contribution is 0.0316. The van der Waals surface area contributed by atoms with E-state index in [0.717, 1.165) is 24.2 Å². The van der Waals surface area contributed by atoms with Gasteiger partial charge in [-0.3, -0.25) is 19.4 Å². The van der Waals surface area contributed by atoms with Gasteiger partial charge >= 0.3 is 0 Å². The third-order valence-electron chi connectivity index (χ3n) is 6.57. The zero-order chi connectivity index (χ0) is 24.6. The number of ether oxygens (including phenoxy) is 1. The summed E-state index contributed by atoms with van der Waals surface area (Å²) < 4.78 is 34.4. The summed E-state index contributed by atoms with van der Waals surface area (Å²) in [5.41, 5.74) is 2.61. The van der Waals surface area contributed by atoms with Crippen LogP contribution in [0.4, 0.5) is 0 Å². The van der Waals surface area contributed by atoms with Crippen LogP contribution in [0.3, 0.4) is 0 Å². The molecule has 2 heterocycles. The largest absolute Gasteiger partial charge is 0.379 e. The van der Waals surface area contributed by atoms with Gasteiger partial charge in [0.25, 0.3) is 11.8 Å². The summed E-state index contributed by atoms with van der Waals surface area (Å²) >= 11 is 0. The monoisotopic (exact) mass is 493 g/mol. The molecule has 5 rings (SSSR count). The Labute approximate surface area is 204 Å². The first kappa shape index (κ1) is 23.6. The van der Waals surface area contributed by atoms with Gasteiger partial charge in [0, 0.05) is 54.6 Å². The minimum absolute atomic E-state index is 0.0487. The molecule has 2 aliphatic rings. The highest BCUT2D eigenvalue weighted by Crippen LogP contribution is 2.34. The molecule has 0 atom stereocenters. The zero-order valence-corrected chi connectivity index (χ0v) is 20.3. The summed E-state index contributed by atoms with van der Waals surface area (Å²) in [5, 5.41) is 0.759. The van der Waals surface area contributed by atoms with E-state index in [1.807, 2.05) is 31.2 Å². The Hall–Kier alpha value is -3.11. The third-order valence-corrected chi connectivity index (χ3v) is 8.03. The lowest BCUT2D eigenvalue weighted by Gasteiger charge is -2.31. The van der Waals surface area contributed by atoms with Gasteiger partial charge in [-0.1, -0.05) is 42.0 Å². The fourth-order valence-corrected chi connectivity index (χ4v) is 5.80. The Kier molecular flexibility index (Phi) is 6.41. The van der Waals surface area contributed by atoms with Crippen molar-refractivity contribution in [2.45, 2.75) is 18.4 Å². The number of amides is 2. The highest BCUT2D eigenvalue weighted by atomic mass is 32.2. The predicted molar refractivity (Wildman–Crippen MR) is 132 cm³/mol. The van der Waals surface area contributed by atoms with Gasteiger partial charge in [0.2, 0.25) is 10.0 Å². The molecule has 0 saturated carbocycles. The first-order valence-electron chi connectivity index (χ1n) is 11.6. The van der Waals surface area contributed by atoms with E-state index < -0.39 is 21.8 Å². The van der Waals surface area contributed by atoms with Crippen LogP contribution in [0, 0.1) is 6.92 Å². The van der Waals surface area contributed by atoms with Crippen LogP contribution in [-0.2, 0) is 21.3 Å². The van der Waals surface area contributed by atoms with Gasteiger partial charge < -0.3 is 4.74 Å². The Balaban J connectivity index is 1.44. The van der Waals surface area contributed by atoms with E-state index in [1.165, 1.54) is 17.0 Å². The lowest BCUT2D eigenvalue weighted by atomic mass is 9.94. The number of morpholine rings is 1. The lowest BCUT2D eigenvalue weighted by Crippen LogP contribution is -2.46. The standard InChI is InChI=1S/C26H27N3O5S/c1-18-5-7-19(8-6-18)17-27-35(32,33)23-10-9-22-24-20(23)3-2-4-21(24)25(30)29(26(22)31)12-11-28-13-15-34-16-14-28/h2-10,27H,11-17H2,1H3. The van der Waals surface area contributed by atoms with Crippen LogP contribution in [0.2, 0.25) is 0 Å². The van der Waals surface area contributed by atoms with Crippen molar-refractivity contribution in [1.82, 2.24) is 14.5 Å². The zero-order valence-electron chi connectivity index (χ0n) is 19.5. The molecule has 3 aromatic rings. The number of benzene rings is 3. The van der Waals surface area contributed by atoms with E-state index in [1.54, 1.807) is 18.2 Å². The summed E-state index contributed by atoms with van der Waals surface area (Å²) in [4.78, 5) is 30.0. The van der Waals surface area contributed by atoms with Crippen LogP contribution in [0.25, 0.3) is 10.8 Å². The molecule has 8 nitrogen and oxygen atoms in total. The van der Waals surface area contributed by atoms with Crippen molar-refractivity contribution in [3.63, 3.8) is 0 Å². The van der Waals surface area contributed by atoms with Gasteiger partial charge in [0.05, 0.1) is 18.1 Å². The highest BCUT2D eigenvalue weighted by molar-refractivity contribution is 7.89. The van der Waals surface area contributed by atoms with Crippen LogP contribution >= 0.6 is 0 Å². The van der Waals surface area contributed by atoms with Gasteiger partial charge in [0.1, 0.15) is 0 Å². The Morgan fingerprint density at radius 1 is 0.886 bits per heavy atom. The second-order valence-corrected chi connectivity index (χ2v) is 10.6. The molecule has 1 fully saturated rings. The molecule has 0 radical (unpaired) electrons. The Morgan fingerprint density at radius 3 is 2.29 bits per heavy atom. The molecule has 0 bridgehead atoms. The van der Waals surface area contributed by atoms with Crippen LogP contribution < -0.4 is 4.72 Å². The molecule has 9 heteroatoms. The molecule has 0 aromatic heterocycles. The Morgan fingerprint density at radius 2 is 1.57 bits per heavy atom. The predicted octanol–water partition coefficient (Wildman–Crippen LogP) is 2.55. The van der Waals surface area contributed by atoms with E-state index in [-0.39, 0.29) is 18.0 Å². The first-order chi connectivity index (χ1) is 16.8. The minimum Gasteiger partial charge on any atom is -0.379 e. The number of nitrogens with one attached hydrogen (secondary N) is 1. The number of rotatable bonds is 7. The molecular formula is C26H27N3O5S. The van der Waals surface area contributed by atoms with Gasteiger partial charge in [-0.05, 0) is 30.7 Å². The molecule has 1 N–H and O–H groups in total. The van der Waals surface area contributed by atoms with E-state index in [0.29, 0.717) is 41.7 Å². The molecule has 1 saturated heterocycles. The second-order valence-electron chi connectivity index (χ2n) is 8.87. The molecule has 3 aromatic carbocycles. The van der Waals surface area contributed by atoms with Crippen molar-refractivity contribution in [3.8, 4) is 0 Å². The third kappa shape index (κ3) is 4.60. The van der Waals surface area contributed by atoms with Crippen molar-refractivity contribution in [3.05, 3.63) is 76.9 Å². The van der Waals surface area contributed by atoms with E-state index in [2.05, 4.69) is 9.62 Å². The van der Waals surface area contributed by atoms with Crippen LogP contribution in [0.15, 0.2) is 59.5 Å². The first-order valence-corrected chi connectivity index (χ1v) is 13.1. The smallest absolute Gasteiger partial charge is 0.261 e. The molecule has 0 aliphatic carbocycles. The Bertz CT molecular complexity index is 1370.